The minimum atomic E-state index is -0.225. The highest BCUT2D eigenvalue weighted by atomic mass is 16.1. The third-order valence-corrected chi connectivity index (χ3v) is 2.99. The number of carbonyl (C=O) groups is 1. The fourth-order valence-corrected chi connectivity index (χ4v) is 1.80. The number of nitrogens with zero attached hydrogens (tertiary/aromatic N) is 1. The first-order chi connectivity index (χ1) is 6.61. The highest BCUT2D eigenvalue weighted by Gasteiger charge is 2.20. The van der Waals surface area contributed by atoms with Gasteiger partial charge in [-0.3, -0.25) is 4.79 Å². The number of nitrogens with one attached hydrogen (secondary N) is 1. The lowest BCUT2D eigenvalue weighted by molar-refractivity contribution is -0.121. The van der Waals surface area contributed by atoms with Gasteiger partial charge in [-0.05, 0) is 26.4 Å². The van der Waals surface area contributed by atoms with E-state index < -0.39 is 0 Å². The van der Waals surface area contributed by atoms with Gasteiger partial charge in [-0.15, -0.1) is 0 Å². The van der Waals surface area contributed by atoms with Crippen LogP contribution < -0.4 is 11.1 Å². The first-order valence-corrected chi connectivity index (χ1v) is 5.31. The Morgan fingerprint density at radius 1 is 1.71 bits per heavy atom. The zero-order valence-electron chi connectivity index (χ0n) is 9.12. The van der Waals surface area contributed by atoms with E-state index in [-0.39, 0.29) is 11.8 Å². The molecule has 0 spiro atoms. The van der Waals surface area contributed by atoms with Crippen LogP contribution in [-0.2, 0) is 4.79 Å². The second-order valence-electron chi connectivity index (χ2n) is 4.24. The highest BCUT2D eigenvalue weighted by molar-refractivity contribution is 5.76. The Hall–Kier alpha value is -0.610. The minimum Gasteiger partial charge on any atom is -0.369 e. The normalized spacial score (nSPS) is 25.1. The van der Waals surface area contributed by atoms with Crippen LogP contribution in [0.25, 0.3) is 0 Å². The number of carbonyl (C=O) groups excluding carboxylic acids is 1. The van der Waals surface area contributed by atoms with Crippen molar-refractivity contribution in [1.82, 2.24) is 10.2 Å². The van der Waals surface area contributed by atoms with Gasteiger partial charge in [0.1, 0.15) is 0 Å². The number of likely N-dealkylation sites (N-methyl/N-ethyl adjacent to an activating group) is 1. The topological polar surface area (TPSA) is 58.4 Å². The van der Waals surface area contributed by atoms with Crippen LogP contribution in [0.15, 0.2) is 0 Å². The molecule has 2 atom stereocenters. The summed E-state index contributed by atoms with van der Waals surface area (Å²) in [5.74, 6) is -0.293. The fraction of sp³-hybridized carbons (Fsp3) is 0.900. The number of nitrogens with two attached hydrogens (primary N) is 1. The monoisotopic (exact) mass is 199 g/mol. The number of likely N-dealkylation sites (tertiary alicyclic amines) is 1. The summed E-state index contributed by atoms with van der Waals surface area (Å²) in [5.41, 5.74) is 5.17. The Balaban J connectivity index is 2.11. The number of hydrogen-bond acceptors (Lipinski definition) is 3. The first-order valence-electron chi connectivity index (χ1n) is 5.31. The van der Waals surface area contributed by atoms with E-state index in [0.29, 0.717) is 12.6 Å². The zero-order valence-corrected chi connectivity index (χ0v) is 9.12. The van der Waals surface area contributed by atoms with Crippen molar-refractivity contribution >= 4 is 5.91 Å². The molecule has 0 bridgehead atoms. The molecule has 4 nitrogen and oxygen atoms in total. The van der Waals surface area contributed by atoms with Crippen LogP contribution in [0.3, 0.4) is 0 Å². The van der Waals surface area contributed by atoms with Crippen LogP contribution in [0.4, 0.5) is 0 Å². The summed E-state index contributed by atoms with van der Waals surface area (Å²) >= 11 is 0. The molecule has 14 heavy (non-hydrogen) atoms. The lowest BCUT2D eigenvalue weighted by Crippen LogP contribution is -2.39. The number of hydrogen-bond donors (Lipinski definition) is 2. The lowest BCUT2D eigenvalue weighted by atomic mass is 10.1. The van der Waals surface area contributed by atoms with E-state index in [0.717, 1.165) is 6.54 Å². The molecule has 4 heteroatoms. The molecule has 2 unspecified atom stereocenters. The summed E-state index contributed by atoms with van der Waals surface area (Å²) < 4.78 is 0. The molecule has 1 aliphatic rings. The van der Waals surface area contributed by atoms with Crippen LogP contribution in [0.1, 0.15) is 19.8 Å². The van der Waals surface area contributed by atoms with Gasteiger partial charge in [0.15, 0.2) is 0 Å². The summed E-state index contributed by atoms with van der Waals surface area (Å²) in [6.07, 6.45) is 2.54. The molecule has 1 amide bonds. The van der Waals surface area contributed by atoms with Gasteiger partial charge in [-0.1, -0.05) is 6.92 Å². The van der Waals surface area contributed by atoms with Gasteiger partial charge < -0.3 is 16.0 Å². The van der Waals surface area contributed by atoms with E-state index in [1.165, 1.54) is 19.4 Å². The summed E-state index contributed by atoms with van der Waals surface area (Å²) in [6, 6.07) is 0.634. The van der Waals surface area contributed by atoms with Crippen LogP contribution in [0.2, 0.25) is 0 Å². The Kier molecular flexibility index (Phi) is 4.35. The van der Waals surface area contributed by atoms with Crippen molar-refractivity contribution in [2.24, 2.45) is 11.7 Å². The van der Waals surface area contributed by atoms with Crippen molar-refractivity contribution in [2.75, 3.05) is 26.7 Å². The van der Waals surface area contributed by atoms with Crippen LogP contribution in [0.5, 0.6) is 0 Å². The fourth-order valence-electron chi connectivity index (χ4n) is 1.80. The second-order valence-corrected chi connectivity index (χ2v) is 4.24. The standard InChI is InChI=1S/C10H21N3O/c1-8(10(11)14)6-12-7-9-4-3-5-13(9)2/h8-9,12H,3-7H2,1-2H3,(H2,11,14). The molecular formula is C10H21N3O. The summed E-state index contributed by atoms with van der Waals surface area (Å²) in [5, 5.41) is 3.30. The summed E-state index contributed by atoms with van der Waals surface area (Å²) in [6.45, 7) is 4.71. The Morgan fingerprint density at radius 2 is 2.43 bits per heavy atom. The van der Waals surface area contributed by atoms with Gasteiger partial charge in [0.05, 0.1) is 0 Å². The molecule has 3 N–H and O–H groups in total. The molecule has 0 saturated carbocycles. The van der Waals surface area contributed by atoms with Gasteiger partial charge >= 0.3 is 0 Å². The molecular weight excluding hydrogens is 178 g/mol. The van der Waals surface area contributed by atoms with E-state index in [1.807, 2.05) is 6.92 Å². The van der Waals surface area contributed by atoms with Crippen LogP contribution in [-0.4, -0.2) is 43.5 Å². The zero-order chi connectivity index (χ0) is 10.6. The maximum atomic E-state index is 10.8. The lowest BCUT2D eigenvalue weighted by Gasteiger charge is -2.20. The molecule has 1 rings (SSSR count). The van der Waals surface area contributed by atoms with Crippen molar-refractivity contribution in [3.8, 4) is 0 Å². The van der Waals surface area contributed by atoms with Crippen molar-refractivity contribution in [3.63, 3.8) is 0 Å². The molecule has 0 radical (unpaired) electrons. The number of rotatable bonds is 5. The number of primary amides is 1. The molecule has 0 aromatic carbocycles. The molecule has 82 valence electrons. The molecule has 1 aliphatic heterocycles. The molecule has 1 heterocycles. The quantitative estimate of drug-likeness (QED) is 0.644. The summed E-state index contributed by atoms with van der Waals surface area (Å²) in [4.78, 5) is 13.1. The molecule has 0 aliphatic carbocycles. The number of amides is 1. The van der Waals surface area contributed by atoms with Gasteiger partial charge in [0.25, 0.3) is 0 Å². The molecule has 0 aromatic rings. The minimum absolute atomic E-state index is 0.0679. The van der Waals surface area contributed by atoms with E-state index in [1.54, 1.807) is 0 Å². The maximum Gasteiger partial charge on any atom is 0.221 e. The van der Waals surface area contributed by atoms with E-state index in [2.05, 4.69) is 17.3 Å². The van der Waals surface area contributed by atoms with E-state index in [9.17, 15) is 4.79 Å². The Bertz CT molecular complexity index is 196. The second kappa shape index (κ2) is 5.32. The molecule has 1 saturated heterocycles. The van der Waals surface area contributed by atoms with Gasteiger partial charge in [0.2, 0.25) is 5.91 Å². The van der Waals surface area contributed by atoms with Crippen molar-refractivity contribution in [2.45, 2.75) is 25.8 Å². The van der Waals surface area contributed by atoms with Gasteiger partial charge in [-0.2, -0.15) is 0 Å². The smallest absolute Gasteiger partial charge is 0.221 e. The van der Waals surface area contributed by atoms with Gasteiger partial charge in [0, 0.05) is 25.0 Å². The average molecular weight is 199 g/mol. The summed E-state index contributed by atoms with van der Waals surface area (Å²) in [7, 11) is 2.15. The third kappa shape index (κ3) is 3.27. The first kappa shape index (κ1) is 11.5. The van der Waals surface area contributed by atoms with E-state index >= 15 is 0 Å². The molecule has 0 aromatic heterocycles. The average Bonchev–Trinajstić information content (AvgIpc) is 2.51. The van der Waals surface area contributed by atoms with Crippen molar-refractivity contribution < 1.29 is 4.79 Å². The largest absolute Gasteiger partial charge is 0.369 e. The Labute approximate surface area is 85.8 Å². The highest BCUT2D eigenvalue weighted by Crippen LogP contribution is 2.13. The van der Waals surface area contributed by atoms with Crippen molar-refractivity contribution in [1.29, 1.82) is 0 Å². The van der Waals surface area contributed by atoms with E-state index in [4.69, 9.17) is 5.73 Å². The third-order valence-electron chi connectivity index (χ3n) is 2.99. The maximum absolute atomic E-state index is 10.8. The van der Waals surface area contributed by atoms with Crippen LogP contribution in [0, 0.1) is 5.92 Å². The molecule has 1 fully saturated rings. The van der Waals surface area contributed by atoms with Crippen molar-refractivity contribution in [3.05, 3.63) is 0 Å². The predicted molar refractivity (Wildman–Crippen MR) is 56.9 cm³/mol. The van der Waals surface area contributed by atoms with Crippen LogP contribution >= 0.6 is 0 Å². The van der Waals surface area contributed by atoms with Gasteiger partial charge in [-0.25, -0.2) is 0 Å². The Morgan fingerprint density at radius 3 is 2.93 bits per heavy atom. The predicted octanol–water partition coefficient (Wildman–Crippen LogP) is -0.208. The SMILES string of the molecule is CC(CNCC1CCCN1C)C(N)=O.